The van der Waals surface area contributed by atoms with Gasteiger partial charge in [-0.25, -0.2) is 19.9 Å². The Kier molecular flexibility index (Phi) is 10.3. The molecular weight excluding hydrogens is 905 g/mol. The summed E-state index contributed by atoms with van der Waals surface area (Å²) in [5.41, 5.74) is 13.9. The van der Waals surface area contributed by atoms with Gasteiger partial charge >= 0.3 is 0 Å². The van der Waals surface area contributed by atoms with Crippen molar-refractivity contribution in [2.45, 2.75) is 0 Å². The van der Waals surface area contributed by atoms with Crippen molar-refractivity contribution in [3.05, 3.63) is 255 Å². The van der Waals surface area contributed by atoms with Crippen LogP contribution in [0.4, 0.5) is 0 Å². The largest absolute Gasteiger partial charge is 0.306 e. The third-order valence-electron chi connectivity index (χ3n) is 13.9. The van der Waals surface area contributed by atoms with Crippen molar-refractivity contribution in [1.29, 1.82) is 0 Å². The van der Waals surface area contributed by atoms with Gasteiger partial charge in [-0.1, -0.05) is 224 Å². The lowest BCUT2D eigenvalue weighted by atomic mass is 9.98. The fourth-order valence-corrected chi connectivity index (χ4v) is 10.4. The molecule has 14 aromatic rings. The van der Waals surface area contributed by atoms with Crippen molar-refractivity contribution < 1.29 is 0 Å². The number of hydrogen-bond acceptors (Lipinski definition) is 6. The maximum atomic E-state index is 5.36. The first-order valence-electron chi connectivity index (χ1n) is 24.7. The Morgan fingerprint density at radius 3 is 1.14 bits per heavy atom. The average molecular weight is 947 g/mol. The first-order valence-corrected chi connectivity index (χ1v) is 24.7. The number of aromatic nitrogens is 8. The van der Waals surface area contributed by atoms with Gasteiger partial charge in [0.1, 0.15) is 0 Å². The molecule has 0 N–H and O–H groups in total. The van der Waals surface area contributed by atoms with Crippen LogP contribution in [0.1, 0.15) is 0 Å². The lowest BCUT2D eigenvalue weighted by Gasteiger charge is -2.16. The van der Waals surface area contributed by atoms with E-state index in [0.29, 0.717) is 35.1 Å². The summed E-state index contributed by atoms with van der Waals surface area (Å²) in [6.45, 7) is 0. The molecule has 0 unspecified atom stereocenters. The zero-order valence-electron chi connectivity index (χ0n) is 39.8. The highest BCUT2D eigenvalue weighted by Crippen LogP contribution is 2.43. The molecule has 0 aliphatic rings. The van der Waals surface area contributed by atoms with E-state index >= 15 is 0 Å². The predicted octanol–water partition coefficient (Wildman–Crippen LogP) is 15.9. The van der Waals surface area contributed by atoms with E-state index in [4.69, 9.17) is 29.9 Å². The van der Waals surface area contributed by atoms with Gasteiger partial charge in [-0.2, -0.15) is 9.97 Å². The summed E-state index contributed by atoms with van der Waals surface area (Å²) in [6.07, 6.45) is 0. The summed E-state index contributed by atoms with van der Waals surface area (Å²) in [5.74, 6) is 3.42. The van der Waals surface area contributed by atoms with E-state index in [9.17, 15) is 0 Å². The van der Waals surface area contributed by atoms with Gasteiger partial charge in [-0.3, -0.25) is 4.57 Å². The van der Waals surface area contributed by atoms with E-state index in [1.54, 1.807) is 0 Å². The standard InChI is InChI=1S/C66H42N8/c1-5-20-43(21-6-1)49-28-19-29-50(42-49)44-36-38-48(39-37-44)62-67-61(45-22-7-2-8-23-45)69-65(70-62)55-32-15-18-35-58(55)73-56-33-16-13-30-51(56)53-40-41-54-52-31-14-17-34-57(52)74(60(54)59(53)73)66-71-63(46-24-9-3-10-25-46)68-64(72-66)47-26-11-4-12-27-47/h1-42H. The molecule has 0 atom stereocenters. The summed E-state index contributed by atoms with van der Waals surface area (Å²) < 4.78 is 4.60. The maximum Gasteiger partial charge on any atom is 0.238 e. The number of hydrogen-bond donors (Lipinski definition) is 0. The van der Waals surface area contributed by atoms with Gasteiger partial charge in [-0.15, -0.1) is 0 Å². The van der Waals surface area contributed by atoms with Crippen LogP contribution in [-0.2, 0) is 0 Å². The van der Waals surface area contributed by atoms with Crippen LogP contribution in [0.15, 0.2) is 255 Å². The van der Waals surface area contributed by atoms with E-state index < -0.39 is 0 Å². The molecule has 8 nitrogen and oxygen atoms in total. The van der Waals surface area contributed by atoms with Gasteiger partial charge in [0.05, 0.1) is 27.8 Å². The zero-order chi connectivity index (χ0) is 49.0. The summed E-state index contributed by atoms with van der Waals surface area (Å²) in [6, 6.07) is 88.2. The van der Waals surface area contributed by atoms with Crippen LogP contribution in [0.5, 0.6) is 0 Å². The number of benzene rings is 10. The highest BCUT2D eigenvalue weighted by molar-refractivity contribution is 6.24. The second-order valence-electron chi connectivity index (χ2n) is 18.3. The topological polar surface area (TPSA) is 87.2 Å². The molecule has 0 saturated carbocycles. The molecule has 8 heteroatoms. The number of rotatable bonds is 9. The first-order chi connectivity index (χ1) is 36.7. The predicted molar refractivity (Wildman–Crippen MR) is 300 cm³/mol. The van der Waals surface area contributed by atoms with Crippen LogP contribution >= 0.6 is 0 Å². The Labute approximate surface area is 426 Å². The zero-order valence-corrected chi connectivity index (χ0v) is 39.8. The molecule has 74 heavy (non-hydrogen) atoms. The molecule has 0 fully saturated rings. The second kappa shape index (κ2) is 17.9. The molecule has 0 amide bonds. The minimum atomic E-state index is 0.519. The summed E-state index contributed by atoms with van der Waals surface area (Å²) in [7, 11) is 0. The molecule has 4 aromatic heterocycles. The third kappa shape index (κ3) is 7.40. The summed E-state index contributed by atoms with van der Waals surface area (Å²) in [5, 5.41) is 4.35. The fourth-order valence-electron chi connectivity index (χ4n) is 10.4. The van der Waals surface area contributed by atoms with E-state index in [0.717, 1.165) is 88.2 Å². The molecule has 10 aromatic carbocycles. The normalized spacial score (nSPS) is 11.5. The Morgan fingerprint density at radius 2 is 0.595 bits per heavy atom. The summed E-state index contributed by atoms with van der Waals surface area (Å²) >= 11 is 0. The maximum absolute atomic E-state index is 5.36. The van der Waals surface area contributed by atoms with Crippen LogP contribution in [0, 0.1) is 0 Å². The van der Waals surface area contributed by atoms with E-state index in [-0.39, 0.29) is 0 Å². The Hall–Kier alpha value is -10.2. The second-order valence-corrected chi connectivity index (χ2v) is 18.3. The smallest absolute Gasteiger partial charge is 0.238 e. The molecule has 346 valence electrons. The highest BCUT2D eigenvalue weighted by Gasteiger charge is 2.25. The molecular formula is C66H42N8. The number of nitrogens with zero attached hydrogens (tertiary/aromatic N) is 8. The SMILES string of the molecule is c1ccc(-c2cccc(-c3ccc(-c4nc(-c5ccccc5)nc(-c5ccccc5-n5c6ccccc6c6ccc7c8ccccc8n(-c8nc(-c9ccccc9)nc(-c9ccccc9)n8)c7c65)n4)cc3)c2)cc1. The minimum absolute atomic E-state index is 0.519. The lowest BCUT2D eigenvalue weighted by molar-refractivity contribution is 0.953. The van der Waals surface area contributed by atoms with Gasteiger partial charge in [-0.05, 0) is 52.6 Å². The Balaban J connectivity index is 0.994. The quantitative estimate of drug-likeness (QED) is 0.143. The molecule has 0 aliphatic heterocycles. The van der Waals surface area contributed by atoms with Crippen molar-refractivity contribution in [3.8, 4) is 90.8 Å². The molecule has 14 rings (SSSR count). The van der Waals surface area contributed by atoms with Crippen LogP contribution in [0.3, 0.4) is 0 Å². The van der Waals surface area contributed by atoms with E-state index in [2.05, 4.69) is 167 Å². The van der Waals surface area contributed by atoms with Gasteiger partial charge in [0.25, 0.3) is 0 Å². The van der Waals surface area contributed by atoms with Crippen molar-refractivity contribution >= 4 is 43.6 Å². The third-order valence-corrected chi connectivity index (χ3v) is 13.9. The van der Waals surface area contributed by atoms with Crippen LogP contribution in [0.2, 0.25) is 0 Å². The Morgan fingerprint density at radius 1 is 0.230 bits per heavy atom. The number of fused-ring (bicyclic) bond motifs is 7. The molecule has 0 spiro atoms. The van der Waals surface area contributed by atoms with Crippen molar-refractivity contribution in [2.75, 3.05) is 0 Å². The average Bonchev–Trinajstić information content (AvgIpc) is 4.02. The van der Waals surface area contributed by atoms with Crippen LogP contribution in [-0.4, -0.2) is 39.0 Å². The summed E-state index contributed by atoms with van der Waals surface area (Å²) in [4.78, 5) is 31.5. The van der Waals surface area contributed by atoms with Crippen LogP contribution < -0.4 is 0 Å². The molecule has 0 aliphatic carbocycles. The monoisotopic (exact) mass is 946 g/mol. The minimum Gasteiger partial charge on any atom is -0.306 e. The van der Waals surface area contributed by atoms with E-state index in [1.165, 1.54) is 11.1 Å². The van der Waals surface area contributed by atoms with Crippen molar-refractivity contribution in [1.82, 2.24) is 39.0 Å². The molecule has 0 radical (unpaired) electrons. The molecule has 4 heterocycles. The number of para-hydroxylation sites is 3. The van der Waals surface area contributed by atoms with Gasteiger partial charge in [0, 0.05) is 49.4 Å². The van der Waals surface area contributed by atoms with Gasteiger partial charge < -0.3 is 4.57 Å². The highest BCUT2D eigenvalue weighted by atomic mass is 15.2. The van der Waals surface area contributed by atoms with Crippen molar-refractivity contribution in [3.63, 3.8) is 0 Å². The van der Waals surface area contributed by atoms with Gasteiger partial charge in [0.2, 0.25) is 5.95 Å². The fraction of sp³-hybridized carbons (Fsp3) is 0. The van der Waals surface area contributed by atoms with Crippen LogP contribution in [0.25, 0.3) is 134 Å². The first kappa shape index (κ1) is 42.7. The van der Waals surface area contributed by atoms with Gasteiger partial charge in [0.15, 0.2) is 29.1 Å². The lowest BCUT2D eigenvalue weighted by Crippen LogP contribution is -2.07. The molecule has 0 bridgehead atoms. The molecule has 0 saturated heterocycles. The van der Waals surface area contributed by atoms with Crippen molar-refractivity contribution in [2.24, 2.45) is 0 Å². The van der Waals surface area contributed by atoms with E-state index in [1.807, 2.05) is 97.1 Å². The Bertz CT molecular complexity index is 4340.